The topological polar surface area (TPSA) is 134 Å². The van der Waals surface area contributed by atoms with E-state index in [1.54, 1.807) is 0 Å². The van der Waals surface area contributed by atoms with Gasteiger partial charge in [-0.1, -0.05) is 436 Å². The Morgan fingerprint density at radius 3 is 0.796 bits per heavy atom. The van der Waals surface area contributed by atoms with Gasteiger partial charge in [0.1, 0.15) is 6.61 Å². The highest BCUT2D eigenvalue weighted by Gasteiger charge is 2.26. The molecular weight excluding hydrogens is 1290 g/mol. The Kier molecular flexibility index (Phi) is 83.8. The molecule has 0 aromatic carbocycles. The summed E-state index contributed by atoms with van der Waals surface area (Å²) < 4.78 is 33.3. The van der Waals surface area contributed by atoms with E-state index in [4.69, 9.17) is 24.3 Å². The standard InChI is InChI=1S/C93H164NO8P/c1-3-5-7-9-11-13-15-17-19-21-23-25-27-29-31-33-35-37-39-41-43-45-47-49-51-53-55-57-59-61-63-65-67-69-71-73-75-77-79-81-83-85-92(95)99-89-91(90-101-103(97,98)100-88-87-94)102-93(96)86-84-82-80-78-76-74-72-70-68-66-64-62-60-58-56-54-52-50-48-46-44-42-40-38-36-34-32-30-28-26-24-22-20-18-16-14-12-10-8-6-4-2/h6,8,12,14,18,20,24,26,30,32,36,38,42,44,48,50,54,56,60,62,66,68,91H,3-5,7,9-11,13,15-17,19,21-23,25,27-29,31,33-35,37,39-41,43,45-47,49,51-53,55,57-59,61,63-65,67,69-90,94H2,1-2H3,(H,97,98)/b8-6-,14-12-,20-18-,26-24-,32-30-,38-36-,44-42-,50-48-,56-54-,62-60-,68-66-. The summed E-state index contributed by atoms with van der Waals surface area (Å²) in [6, 6.07) is 0. The number of unbranched alkanes of at least 4 members (excludes halogenated alkanes) is 47. The van der Waals surface area contributed by atoms with E-state index in [-0.39, 0.29) is 38.6 Å². The van der Waals surface area contributed by atoms with Crippen molar-refractivity contribution < 1.29 is 37.6 Å². The molecule has 0 aliphatic rings. The highest BCUT2D eigenvalue weighted by molar-refractivity contribution is 7.47. The third kappa shape index (κ3) is 87.0. The molecule has 0 amide bonds. The number of hydrogen-bond acceptors (Lipinski definition) is 8. The van der Waals surface area contributed by atoms with Gasteiger partial charge in [0.15, 0.2) is 6.10 Å². The van der Waals surface area contributed by atoms with E-state index in [2.05, 4.69) is 148 Å². The number of carbonyl (C=O) groups excluding carboxylic acids is 2. The molecule has 0 saturated heterocycles. The third-order valence-corrected chi connectivity index (χ3v) is 20.0. The van der Waals surface area contributed by atoms with Crippen LogP contribution in [0.25, 0.3) is 0 Å². The Hall–Kier alpha value is -3.85. The first-order valence-electron chi connectivity index (χ1n) is 43.7. The minimum absolute atomic E-state index is 0.0471. The maximum Gasteiger partial charge on any atom is 0.472 e. The van der Waals surface area contributed by atoms with Crippen LogP contribution < -0.4 is 5.73 Å². The third-order valence-electron chi connectivity index (χ3n) is 19.1. The fourth-order valence-corrected chi connectivity index (χ4v) is 13.4. The number of allylic oxidation sites excluding steroid dienone is 22. The van der Waals surface area contributed by atoms with Gasteiger partial charge in [0.05, 0.1) is 13.2 Å². The molecule has 0 spiro atoms. The van der Waals surface area contributed by atoms with Crippen molar-refractivity contribution in [1.29, 1.82) is 0 Å². The van der Waals surface area contributed by atoms with Crippen molar-refractivity contribution in [2.45, 2.75) is 418 Å². The van der Waals surface area contributed by atoms with Gasteiger partial charge in [-0.25, -0.2) is 4.57 Å². The van der Waals surface area contributed by atoms with Gasteiger partial charge in [0.25, 0.3) is 0 Å². The van der Waals surface area contributed by atoms with Crippen LogP contribution in [0.5, 0.6) is 0 Å². The van der Waals surface area contributed by atoms with Crippen molar-refractivity contribution in [2.75, 3.05) is 26.4 Å². The normalized spacial score (nSPS) is 13.5. The number of esters is 2. The molecular formula is C93H164NO8P. The summed E-state index contributed by atoms with van der Waals surface area (Å²) in [6.45, 7) is 3.66. The van der Waals surface area contributed by atoms with Gasteiger partial charge in [-0.05, 0) is 96.3 Å². The van der Waals surface area contributed by atoms with Crippen LogP contribution in [0.2, 0.25) is 0 Å². The summed E-state index contributed by atoms with van der Waals surface area (Å²) in [4.78, 5) is 35.5. The molecule has 0 fully saturated rings. The van der Waals surface area contributed by atoms with Gasteiger partial charge in [-0.3, -0.25) is 18.6 Å². The summed E-state index contributed by atoms with van der Waals surface area (Å²) in [7, 11) is -4.41. The summed E-state index contributed by atoms with van der Waals surface area (Å²) in [6.07, 6.45) is 125. The number of phosphoric acid groups is 1. The summed E-state index contributed by atoms with van der Waals surface area (Å²) in [5, 5.41) is 0. The van der Waals surface area contributed by atoms with Gasteiger partial charge in [-0.2, -0.15) is 0 Å². The summed E-state index contributed by atoms with van der Waals surface area (Å²) in [5.74, 6) is -0.831. The quantitative estimate of drug-likeness (QED) is 0.0264. The lowest BCUT2D eigenvalue weighted by molar-refractivity contribution is -0.161. The van der Waals surface area contributed by atoms with Gasteiger partial charge in [0.2, 0.25) is 0 Å². The minimum atomic E-state index is -4.41. The van der Waals surface area contributed by atoms with Crippen LogP contribution in [-0.2, 0) is 32.7 Å². The van der Waals surface area contributed by atoms with Crippen LogP contribution in [0, 0.1) is 0 Å². The molecule has 103 heavy (non-hydrogen) atoms. The molecule has 9 nitrogen and oxygen atoms in total. The van der Waals surface area contributed by atoms with E-state index in [1.807, 2.05) is 0 Å². The molecule has 10 heteroatoms. The second-order valence-corrected chi connectivity index (χ2v) is 30.5. The first-order valence-corrected chi connectivity index (χ1v) is 45.2. The predicted octanol–water partition coefficient (Wildman–Crippen LogP) is 29.9. The Labute approximate surface area is 637 Å². The summed E-state index contributed by atoms with van der Waals surface area (Å²) in [5.41, 5.74) is 5.42. The number of hydrogen-bond donors (Lipinski definition) is 2. The number of ether oxygens (including phenoxy) is 2. The Bertz CT molecular complexity index is 2170. The maximum atomic E-state index is 12.8. The lowest BCUT2D eigenvalue weighted by Gasteiger charge is -2.19. The van der Waals surface area contributed by atoms with E-state index >= 15 is 0 Å². The lowest BCUT2D eigenvalue weighted by Crippen LogP contribution is -2.29. The van der Waals surface area contributed by atoms with Crippen LogP contribution >= 0.6 is 7.82 Å². The number of phosphoric ester groups is 1. The number of nitrogens with two attached hydrogens (primary N) is 1. The highest BCUT2D eigenvalue weighted by atomic mass is 31.2. The van der Waals surface area contributed by atoms with Crippen LogP contribution in [0.15, 0.2) is 134 Å². The minimum Gasteiger partial charge on any atom is -0.462 e. The molecule has 0 aliphatic carbocycles. The molecule has 0 heterocycles. The van der Waals surface area contributed by atoms with Gasteiger partial charge in [-0.15, -0.1) is 0 Å². The van der Waals surface area contributed by atoms with Crippen molar-refractivity contribution >= 4 is 19.8 Å². The molecule has 2 atom stereocenters. The van der Waals surface area contributed by atoms with Crippen LogP contribution in [0.1, 0.15) is 412 Å². The van der Waals surface area contributed by atoms with Crippen molar-refractivity contribution in [2.24, 2.45) is 5.73 Å². The van der Waals surface area contributed by atoms with E-state index < -0.39 is 26.5 Å². The molecule has 594 valence electrons. The van der Waals surface area contributed by atoms with Crippen molar-refractivity contribution in [3.63, 3.8) is 0 Å². The Morgan fingerprint density at radius 1 is 0.301 bits per heavy atom. The zero-order valence-corrected chi connectivity index (χ0v) is 68.2. The largest absolute Gasteiger partial charge is 0.472 e. The van der Waals surface area contributed by atoms with Gasteiger partial charge < -0.3 is 20.1 Å². The van der Waals surface area contributed by atoms with Gasteiger partial charge >= 0.3 is 19.8 Å². The van der Waals surface area contributed by atoms with E-state index in [9.17, 15) is 19.0 Å². The fraction of sp³-hybridized carbons (Fsp3) is 0.742. The first kappa shape index (κ1) is 99.2. The molecule has 0 rings (SSSR count). The molecule has 0 bridgehead atoms. The van der Waals surface area contributed by atoms with Crippen LogP contribution in [0.3, 0.4) is 0 Å². The number of carbonyl (C=O) groups is 2. The van der Waals surface area contributed by atoms with Crippen molar-refractivity contribution in [1.82, 2.24) is 0 Å². The number of rotatable bonds is 82. The second kappa shape index (κ2) is 87.1. The molecule has 0 radical (unpaired) electrons. The van der Waals surface area contributed by atoms with Crippen LogP contribution in [0.4, 0.5) is 0 Å². The summed E-state index contributed by atoms with van der Waals surface area (Å²) >= 11 is 0. The predicted molar refractivity (Wildman–Crippen MR) is 450 cm³/mol. The van der Waals surface area contributed by atoms with Crippen LogP contribution in [-0.4, -0.2) is 49.3 Å². The average molecular weight is 1460 g/mol. The highest BCUT2D eigenvalue weighted by Crippen LogP contribution is 2.43. The molecule has 0 saturated carbocycles. The van der Waals surface area contributed by atoms with E-state index in [0.717, 1.165) is 116 Å². The maximum absolute atomic E-state index is 12.8. The van der Waals surface area contributed by atoms with Gasteiger partial charge in [0, 0.05) is 19.4 Å². The Morgan fingerprint density at radius 2 is 0.534 bits per heavy atom. The van der Waals surface area contributed by atoms with Crippen molar-refractivity contribution in [3.8, 4) is 0 Å². The molecule has 0 aromatic rings. The fourth-order valence-electron chi connectivity index (χ4n) is 12.6. The molecule has 0 aromatic heterocycles. The SMILES string of the molecule is CC/C=C\C/C=C\C/C=C\C/C=C\C/C=C\C/C=C\C/C=C\C/C=C\C/C=C\C/C=C\C/C=C\CCCCCCCCCC(=O)OC(COC(=O)CCCCCCCCCCCCCCCCCCCCCCCCCCCCCCCCCCCCCCCCCCC)COP(=O)(O)OCCN. The second-order valence-electron chi connectivity index (χ2n) is 29.0. The zero-order chi connectivity index (χ0) is 74.3. The van der Waals surface area contributed by atoms with E-state index in [1.165, 1.54) is 263 Å². The average Bonchev–Trinajstić information content (AvgIpc) is 0.970. The zero-order valence-electron chi connectivity index (χ0n) is 67.3. The first-order chi connectivity index (χ1) is 50.8. The molecule has 2 unspecified atom stereocenters. The van der Waals surface area contributed by atoms with E-state index in [0.29, 0.717) is 6.42 Å². The molecule has 3 N–H and O–H groups in total. The molecule has 0 aliphatic heterocycles. The lowest BCUT2D eigenvalue weighted by atomic mass is 10.0. The Balaban J connectivity index is 3.83. The smallest absolute Gasteiger partial charge is 0.462 e. The van der Waals surface area contributed by atoms with Crippen molar-refractivity contribution in [3.05, 3.63) is 134 Å². The monoisotopic (exact) mass is 1450 g/mol.